The summed E-state index contributed by atoms with van der Waals surface area (Å²) in [7, 11) is 3.44. The van der Waals surface area contributed by atoms with Crippen molar-refractivity contribution in [1.29, 1.82) is 0 Å². The average Bonchev–Trinajstić information content (AvgIpc) is 2.71. The first-order valence-electron chi connectivity index (χ1n) is 10.7. The van der Waals surface area contributed by atoms with Gasteiger partial charge in [-0.1, -0.05) is 25.5 Å². The Balaban J connectivity index is 0.00000420. The lowest BCUT2D eigenvalue weighted by atomic mass is 9.95. The molecule has 1 aromatic carbocycles. The Bertz CT molecular complexity index is 636. The number of anilines is 1. The van der Waals surface area contributed by atoms with Gasteiger partial charge in [-0.05, 0) is 56.7 Å². The van der Waals surface area contributed by atoms with Crippen LogP contribution in [0.1, 0.15) is 51.5 Å². The van der Waals surface area contributed by atoms with Crippen LogP contribution in [0, 0.1) is 0 Å². The van der Waals surface area contributed by atoms with Gasteiger partial charge in [0.1, 0.15) is 0 Å². The first kappa shape index (κ1) is 26.2. The van der Waals surface area contributed by atoms with E-state index in [1.807, 2.05) is 6.92 Å². The van der Waals surface area contributed by atoms with Crippen LogP contribution in [0.3, 0.4) is 0 Å². The molecule has 0 saturated heterocycles. The van der Waals surface area contributed by atoms with E-state index in [2.05, 4.69) is 60.8 Å². The first-order valence-corrected chi connectivity index (χ1v) is 12.1. The van der Waals surface area contributed by atoms with Crippen molar-refractivity contribution in [2.45, 2.75) is 63.7 Å². The van der Waals surface area contributed by atoms with Crippen LogP contribution in [0.4, 0.5) is 5.69 Å². The van der Waals surface area contributed by atoms with Gasteiger partial charge in [0.15, 0.2) is 5.96 Å². The number of guanidine groups is 1. The SMILES string of the molecule is CCNC(=NCCCc1ccc(N(C)C)cc1)NC1CCCC(S(=O)CC)C1.I. The van der Waals surface area contributed by atoms with Crippen LogP contribution in [-0.4, -0.2) is 54.4 Å². The van der Waals surface area contributed by atoms with Crippen LogP contribution >= 0.6 is 24.0 Å². The number of benzene rings is 1. The van der Waals surface area contributed by atoms with Crippen LogP contribution < -0.4 is 15.5 Å². The molecule has 3 atom stereocenters. The Morgan fingerprint density at radius 3 is 2.55 bits per heavy atom. The fourth-order valence-corrected chi connectivity index (χ4v) is 5.05. The zero-order valence-corrected chi connectivity index (χ0v) is 21.6. The number of aliphatic imine (C=N–C) groups is 1. The maximum atomic E-state index is 12.2. The van der Waals surface area contributed by atoms with Crippen molar-refractivity contribution < 1.29 is 4.21 Å². The Labute approximate surface area is 197 Å². The third kappa shape index (κ3) is 9.24. The molecule has 3 unspecified atom stereocenters. The summed E-state index contributed by atoms with van der Waals surface area (Å²) in [6.07, 6.45) is 6.45. The molecule has 0 aromatic heterocycles. The molecule has 0 spiro atoms. The highest BCUT2D eigenvalue weighted by molar-refractivity contribution is 14.0. The smallest absolute Gasteiger partial charge is 0.191 e. The van der Waals surface area contributed by atoms with E-state index in [0.29, 0.717) is 11.3 Å². The fourth-order valence-electron chi connectivity index (χ4n) is 3.70. The van der Waals surface area contributed by atoms with Gasteiger partial charge >= 0.3 is 0 Å². The minimum atomic E-state index is -0.689. The van der Waals surface area contributed by atoms with Crippen LogP contribution in [0.25, 0.3) is 0 Å². The lowest BCUT2D eigenvalue weighted by Crippen LogP contribution is -2.46. The number of nitrogens with zero attached hydrogens (tertiary/aromatic N) is 2. The molecule has 166 valence electrons. The van der Waals surface area contributed by atoms with Gasteiger partial charge in [0.2, 0.25) is 0 Å². The predicted octanol–water partition coefficient (Wildman–Crippen LogP) is 3.94. The monoisotopic (exact) mass is 534 g/mol. The van der Waals surface area contributed by atoms with Crippen LogP contribution in [0.15, 0.2) is 29.3 Å². The van der Waals surface area contributed by atoms with Crippen molar-refractivity contribution in [3.05, 3.63) is 29.8 Å². The summed E-state index contributed by atoms with van der Waals surface area (Å²) in [5, 5.41) is 7.28. The normalized spacial score (nSPS) is 20.5. The molecular weight excluding hydrogens is 495 g/mol. The standard InChI is InChI=1S/C22H38N4OS.HI/c1-5-23-22(25-19-10-7-11-21(17-19)28(27)6-2)24-16-8-9-18-12-14-20(15-13-18)26(3)4;/h12-15,19,21H,5-11,16-17H2,1-4H3,(H2,23,24,25);1H. The zero-order valence-electron chi connectivity index (χ0n) is 18.4. The summed E-state index contributed by atoms with van der Waals surface area (Å²) in [5.41, 5.74) is 2.59. The summed E-state index contributed by atoms with van der Waals surface area (Å²) >= 11 is 0. The van der Waals surface area contributed by atoms with E-state index in [1.165, 1.54) is 11.3 Å². The third-order valence-corrected chi connectivity index (χ3v) is 7.05. The average molecular weight is 535 g/mol. The Kier molecular flexibility index (Phi) is 12.9. The molecule has 1 aromatic rings. The van der Waals surface area contributed by atoms with Crippen molar-refractivity contribution in [1.82, 2.24) is 10.6 Å². The number of rotatable bonds is 9. The molecule has 1 saturated carbocycles. The molecule has 1 fully saturated rings. The number of nitrogens with one attached hydrogen (secondary N) is 2. The van der Waals surface area contributed by atoms with E-state index in [4.69, 9.17) is 4.99 Å². The topological polar surface area (TPSA) is 56.7 Å². The second kappa shape index (κ2) is 14.2. The maximum Gasteiger partial charge on any atom is 0.191 e. The van der Waals surface area contributed by atoms with E-state index in [-0.39, 0.29) is 24.0 Å². The molecule has 0 bridgehead atoms. The summed E-state index contributed by atoms with van der Waals surface area (Å²) in [6, 6.07) is 9.14. The van der Waals surface area contributed by atoms with Crippen molar-refractivity contribution >= 4 is 46.4 Å². The summed E-state index contributed by atoms with van der Waals surface area (Å²) < 4.78 is 12.2. The predicted molar refractivity (Wildman–Crippen MR) is 138 cm³/mol. The zero-order chi connectivity index (χ0) is 20.4. The summed E-state index contributed by atoms with van der Waals surface area (Å²) in [6.45, 7) is 5.78. The van der Waals surface area contributed by atoms with E-state index in [9.17, 15) is 4.21 Å². The van der Waals surface area contributed by atoms with Gasteiger partial charge in [-0.15, -0.1) is 24.0 Å². The molecule has 0 amide bonds. The third-order valence-electron chi connectivity index (χ3n) is 5.31. The summed E-state index contributed by atoms with van der Waals surface area (Å²) in [5.74, 6) is 1.67. The fraction of sp³-hybridized carbons (Fsp3) is 0.682. The molecule has 1 aliphatic rings. The van der Waals surface area contributed by atoms with Gasteiger partial charge in [0.25, 0.3) is 0 Å². The number of aryl methyl sites for hydroxylation is 1. The first-order chi connectivity index (χ1) is 13.5. The van der Waals surface area contributed by atoms with E-state index >= 15 is 0 Å². The lowest BCUT2D eigenvalue weighted by Gasteiger charge is -2.30. The number of hydrogen-bond donors (Lipinski definition) is 2. The minimum absolute atomic E-state index is 0. The summed E-state index contributed by atoms with van der Waals surface area (Å²) in [4.78, 5) is 6.89. The lowest BCUT2D eigenvalue weighted by molar-refractivity contribution is 0.413. The molecule has 1 aliphatic carbocycles. The highest BCUT2D eigenvalue weighted by Crippen LogP contribution is 2.23. The molecular formula is C22H39IN4OS. The maximum absolute atomic E-state index is 12.2. The van der Waals surface area contributed by atoms with Crippen molar-refractivity contribution in [3.63, 3.8) is 0 Å². The molecule has 2 rings (SSSR count). The van der Waals surface area contributed by atoms with E-state index < -0.39 is 10.8 Å². The molecule has 0 heterocycles. The van der Waals surface area contributed by atoms with E-state index in [0.717, 1.165) is 63.3 Å². The largest absolute Gasteiger partial charge is 0.378 e. The molecule has 0 aliphatic heterocycles. The van der Waals surface area contributed by atoms with Crippen molar-refractivity contribution in [3.8, 4) is 0 Å². The highest BCUT2D eigenvalue weighted by atomic mass is 127. The minimum Gasteiger partial charge on any atom is -0.378 e. The van der Waals surface area contributed by atoms with Crippen LogP contribution in [0.2, 0.25) is 0 Å². The van der Waals surface area contributed by atoms with Crippen LogP contribution in [-0.2, 0) is 17.2 Å². The second-order valence-electron chi connectivity index (χ2n) is 7.72. The molecule has 5 nitrogen and oxygen atoms in total. The highest BCUT2D eigenvalue weighted by Gasteiger charge is 2.25. The Morgan fingerprint density at radius 2 is 1.93 bits per heavy atom. The van der Waals surface area contributed by atoms with Gasteiger partial charge in [-0.3, -0.25) is 9.20 Å². The Hall–Kier alpha value is -0.830. The number of hydrogen-bond acceptors (Lipinski definition) is 3. The van der Waals surface area contributed by atoms with Crippen molar-refractivity contribution in [2.24, 2.45) is 4.99 Å². The molecule has 7 heteroatoms. The van der Waals surface area contributed by atoms with Gasteiger partial charge in [0, 0.05) is 60.7 Å². The Morgan fingerprint density at radius 1 is 1.21 bits per heavy atom. The molecule has 2 N–H and O–H groups in total. The van der Waals surface area contributed by atoms with Crippen molar-refractivity contribution in [2.75, 3.05) is 37.8 Å². The van der Waals surface area contributed by atoms with Gasteiger partial charge in [-0.25, -0.2) is 0 Å². The quantitative estimate of drug-likeness (QED) is 0.218. The second-order valence-corrected chi connectivity index (χ2v) is 9.73. The van der Waals surface area contributed by atoms with E-state index in [1.54, 1.807) is 0 Å². The van der Waals surface area contributed by atoms with Crippen LogP contribution in [0.5, 0.6) is 0 Å². The molecule has 0 radical (unpaired) electrons. The van der Waals surface area contributed by atoms with Gasteiger partial charge in [-0.2, -0.15) is 0 Å². The number of halogens is 1. The van der Waals surface area contributed by atoms with Gasteiger partial charge < -0.3 is 15.5 Å². The molecule has 29 heavy (non-hydrogen) atoms. The van der Waals surface area contributed by atoms with Gasteiger partial charge in [0.05, 0.1) is 0 Å².